The fourth-order valence-electron chi connectivity index (χ4n) is 2.64. The minimum absolute atomic E-state index is 0.0562. The molecule has 2 atom stereocenters. The zero-order valence-electron chi connectivity index (χ0n) is 11.4. The van der Waals surface area contributed by atoms with Gasteiger partial charge in [-0.25, -0.2) is 0 Å². The van der Waals surface area contributed by atoms with Crippen LogP contribution < -0.4 is 16.8 Å². The minimum Gasteiger partial charge on any atom is -0.381 e. The molecule has 2 rings (SSSR count). The number of hydrogen-bond acceptors (Lipinski definition) is 3. The van der Waals surface area contributed by atoms with Gasteiger partial charge >= 0.3 is 6.18 Å². The first-order chi connectivity index (χ1) is 9.79. The molecule has 116 valence electrons. The second kappa shape index (κ2) is 5.93. The van der Waals surface area contributed by atoms with Crippen molar-refractivity contribution in [2.75, 3.05) is 5.32 Å². The summed E-state index contributed by atoms with van der Waals surface area (Å²) in [4.78, 5) is 11.1. The van der Waals surface area contributed by atoms with Crippen molar-refractivity contribution in [2.45, 2.75) is 43.9 Å². The Morgan fingerprint density at radius 3 is 2.48 bits per heavy atom. The van der Waals surface area contributed by atoms with Crippen molar-refractivity contribution in [1.82, 2.24) is 0 Å². The highest BCUT2D eigenvalue weighted by Gasteiger charge is 2.35. The van der Waals surface area contributed by atoms with Gasteiger partial charge in [0.05, 0.1) is 11.1 Å². The number of hydrogen-bond donors (Lipinski definition) is 3. The summed E-state index contributed by atoms with van der Waals surface area (Å²) >= 11 is 0. The molecular formula is C14H18F3N3O. The third kappa shape index (κ3) is 3.66. The summed E-state index contributed by atoms with van der Waals surface area (Å²) in [5, 5.41) is 3.03. The average Bonchev–Trinajstić information content (AvgIpc) is 2.40. The predicted molar refractivity (Wildman–Crippen MR) is 73.8 cm³/mol. The summed E-state index contributed by atoms with van der Waals surface area (Å²) in [6.45, 7) is 0. The summed E-state index contributed by atoms with van der Waals surface area (Å²) in [6.07, 6.45) is -0.926. The van der Waals surface area contributed by atoms with E-state index in [9.17, 15) is 18.0 Å². The molecular weight excluding hydrogens is 283 g/mol. The van der Waals surface area contributed by atoms with Crippen LogP contribution in [0.2, 0.25) is 0 Å². The lowest BCUT2D eigenvalue weighted by molar-refractivity contribution is -0.137. The molecule has 1 saturated carbocycles. The van der Waals surface area contributed by atoms with Crippen LogP contribution in [0.1, 0.15) is 41.6 Å². The zero-order valence-corrected chi connectivity index (χ0v) is 11.4. The zero-order chi connectivity index (χ0) is 15.6. The first-order valence-electron chi connectivity index (χ1n) is 6.82. The van der Waals surface area contributed by atoms with Gasteiger partial charge in [0, 0.05) is 17.8 Å². The summed E-state index contributed by atoms with van der Waals surface area (Å²) in [6, 6.07) is 3.31. The maximum Gasteiger partial charge on any atom is 0.417 e. The van der Waals surface area contributed by atoms with E-state index in [1.807, 2.05) is 0 Å². The molecule has 1 fully saturated rings. The average molecular weight is 301 g/mol. The summed E-state index contributed by atoms with van der Waals surface area (Å²) in [5.41, 5.74) is 9.71. The number of alkyl halides is 3. The molecule has 0 aromatic heterocycles. The van der Waals surface area contributed by atoms with E-state index >= 15 is 0 Å². The van der Waals surface area contributed by atoms with Crippen LogP contribution in [-0.2, 0) is 6.18 Å². The number of halogens is 3. The summed E-state index contributed by atoms with van der Waals surface area (Å²) in [5.74, 6) is -1.09. The molecule has 2 unspecified atom stereocenters. The molecule has 5 N–H and O–H groups in total. The Hall–Kier alpha value is -1.76. The SMILES string of the molecule is NC(=O)c1ccc(NC2CCCCC2N)cc1C(F)(F)F. The van der Waals surface area contributed by atoms with Crippen molar-refractivity contribution in [3.05, 3.63) is 29.3 Å². The van der Waals surface area contributed by atoms with E-state index < -0.39 is 23.2 Å². The molecule has 0 bridgehead atoms. The van der Waals surface area contributed by atoms with Crippen molar-refractivity contribution < 1.29 is 18.0 Å². The Labute approximate surface area is 120 Å². The Kier molecular flexibility index (Phi) is 4.41. The number of carbonyl (C=O) groups excluding carboxylic acids is 1. The van der Waals surface area contributed by atoms with E-state index in [1.54, 1.807) is 0 Å². The molecule has 0 heterocycles. The van der Waals surface area contributed by atoms with E-state index in [0.717, 1.165) is 37.8 Å². The standard InChI is InChI=1S/C14H18F3N3O/c15-14(16,17)10-7-8(5-6-9(10)13(19)21)20-12-4-2-1-3-11(12)18/h5-7,11-12,20H,1-4,18H2,(H2,19,21). The number of amides is 1. The molecule has 1 aliphatic carbocycles. The van der Waals surface area contributed by atoms with Gasteiger partial charge in [-0.1, -0.05) is 12.8 Å². The van der Waals surface area contributed by atoms with Gasteiger partial charge in [0.25, 0.3) is 0 Å². The van der Waals surface area contributed by atoms with Crippen LogP contribution in [0.5, 0.6) is 0 Å². The molecule has 1 aliphatic rings. The van der Waals surface area contributed by atoms with Gasteiger partial charge < -0.3 is 16.8 Å². The Morgan fingerprint density at radius 1 is 1.24 bits per heavy atom. The highest BCUT2D eigenvalue weighted by atomic mass is 19.4. The highest BCUT2D eigenvalue weighted by Crippen LogP contribution is 2.34. The smallest absolute Gasteiger partial charge is 0.381 e. The van der Waals surface area contributed by atoms with E-state index in [-0.39, 0.29) is 12.1 Å². The summed E-state index contributed by atoms with van der Waals surface area (Å²) in [7, 11) is 0. The molecule has 0 aliphatic heterocycles. The van der Waals surface area contributed by atoms with Crippen molar-refractivity contribution in [2.24, 2.45) is 11.5 Å². The van der Waals surface area contributed by atoms with Crippen LogP contribution in [0.4, 0.5) is 18.9 Å². The van der Waals surface area contributed by atoms with Crippen LogP contribution in [0.25, 0.3) is 0 Å². The fraction of sp³-hybridized carbons (Fsp3) is 0.500. The van der Waals surface area contributed by atoms with Crippen molar-refractivity contribution in [1.29, 1.82) is 0 Å². The maximum absolute atomic E-state index is 13.0. The molecule has 1 aromatic rings. The van der Waals surface area contributed by atoms with Gasteiger partial charge in [0.1, 0.15) is 0 Å². The number of nitrogens with two attached hydrogens (primary N) is 2. The number of primary amides is 1. The molecule has 0 radical (unpaired) electrons. The highest BCUT2D eigenvalue weighted by molar-refractivity contribution is 5.95. The van der Waals surface area contributed by atoms with E-state index in [1.165, 1.54) is 6.07 Å². The topological polar surface area (TPSA) is 81.1 Å². The Balaban J connectivity index is 2.27. The summed E-state index contributed by atoms with van der Waals surface area (Å²) < 4.78 is 39.0. The largest absolute Gasteiger partial charge is 0.417 e. The van der Waals surface area contributed by atoms with Crippen molar-refractivity contribution in [3.63, 3.8) is 0 Å². The van der Waals surface area contributed by atoms with Crippen LogP contribution in [0.3, 0.4) is 0 Å². The second-order valence-electron chi connectivity index (χ2n) is 5.32. The van der Waals surface area contributed by atoms with Gasteiger partial charge in [0.2, 0.25) is 5.91 Å². The van der Waals surface area contributed by atoms with Crippen molar-refractivity contribution in [3.8, 4) is 0 Å². The first kappa shape index (κ1) is 15.6. The van der Waals surface area contributed by atoms with Crippen LogP contribution >= 0.6 is 0 Å². The van der Waals surface area contributed by atoms with Crippen LogP contribution in [0, 0.1) is 0 Å². The van der Waals surface area contributed by atoms with E-state index in [2.05, 4.69) is 5.32 Å². The van der Waals surface area contributed by atoms with E-state index in [0.29, 0.717) is 5.69 Å². The predicted octanol–water partition coefficient (Wildman–Crippen LogP) is 2.49. The fourth-order valence-corrected chi connectivity index (χ4v) is 2.64. The van der Waals surface area contributed by atoms with Crippen molar-refractivity contribution >= 4 is 11.6 Å². The quantitative estimate of drug-likeness (QED) is 0.802. The number of anilines is 1. The molecule has 7 heteroatoms. The third-order valence-corrected chi connectivity index (χ3v) is 3.76. The van der Waals surface area contributed by atoms with Gasteiger partial charge in [-0.2, -0.15) is 13.2 Å². The van der Waals surface area contributed by atoms with Crippen LogP contribution in [0.15, 0.2) is 18.2 Å². The third-order valence-electron chi connectivity index (χ3n) is 3.76. The number of carbonyl (C=O) groups is 1. The van der Waals surface area contributed by atoms with Gasteiger partial charge in [0.15, 0.2) is 0 Å². The lowest BCUT2D eigenvalue weighted by Crippen LogP contribution is -2.42. The molecule has 1 amide bonds. The normalized spacial score (nSPS) is 22.9. The lowest BCUT2D eigenvalue weighted by atomic mass is 9.90. The van der Waals surface area contributed by atoms with Gasteiger partial charge in [-0.3, -0.25) is 4.79 Å². The van der Waals surface area contributed by atoms with E-state index in [4.69, 9.17) is 11.5 Å². The monoisotopic (exact) mass is 301 g/mol. The number of rotatable bonds is 3. The number of benzene rings is 1. The molecule has 1 aromatic carbocycles. The lowest BCUT2D eigenvalue weighted by Gasteiger charge is -2.30. The molecule has 0 saturated heterocycles. The molecule has 0 spiro atoms. The second-order valence-corrected chi connectivity index (χ2v) is 5.32. The van der Waals surface area contributed by atoms with Gasteiger partial charge in [-0.15, -0.1) is 0 Å². The van der Waals surface area contributed by atoms with Gasteiger partial charge in [-0.05, 0) is 31.0 Å². The minimum atomic E-state index is -4.63. The Morgan fingerprint density at radius 2 is 1.90 bits per heavy atom. The number of nitrogens with one attached hydrogen (secondary N) is 1. The maximum atomic E-state index is 13.0. The first-order valence-corrected chi connectivity index (χ1v) is 6.82. The van der Waals surface area contributed by atoms with Crippen LogP contribution in [-0.4, -0.2) is 18.0 Å². The molecule has 4 nitrogen and oxygen atoms in total. The Bertz CT molecular complexity index is 531. The molecule has 21 heavy (non-hydrogen) atoms.